The molecule has 1 aliphatic heterocycles. The summed E-state index contributed by atoms with van der Waals surface area (Å²) in [5.41, 5.74) is 2.53. The number of nitrogens with zero attached hydrogens (tertiary/aromatic N) is 2. The first-order valence-corrected chi connectivity index (χ1v) is 11.2. The summed E-state index contributed by atoms with van der Waals surface area (Å²) < 4.78 is 26.8. The number of piperidine rings is 1. The van der Waals surface area contributed by atoms with E-state index in [-0.39, 0.29) is 17.5 Å². The average molecular weight is 402 g/mol. The number of nitrogens with one attached hydrogen (secondary N) is 1. The van der Waals surface area contributed by atoms with Gasteiger partial charge in [0.25, 0.3) is 0 Å². The molecule has 1 N–H and O–H groups in total. The van der Waals surface area contributed by atoms with E-state index in [2.05, 4.69) is 10.3 Å². The zero-order valence-corrected chi connectivity index (χ0v) is 17.2. The second-order valence-electron chi connectivity index (χ2n) is 7.30. The van der Waals surface area contributed by atoms with Crippen LogP contribution in [0.5, 0.6) is 0 Å². The van der Waals surface area contributed by atoms with Gasteiger partial charge in [-0.25, -0.2) is 13.2 Å². The van der Waals surface area contributed by atoms with Crippen LogP contribution in [0.4, 0.5) is 4.79 Å². The molecule has 3 rings (SSSR count). The van der Waals surface area contributed by atoms with E-state index in [0.717, 1.165) is 30.4 Å². The van der Waals surface area contributed by atoms with Gasteiger partial charge < -0.3 is 10.2 Å². The van der Waals surface area contributed by atoms with Crippen LogP contribution in [-0.2, 0) is 9.84 Å². The second-order valence-corrected chi connectivity index (χ2v) is 9.43. The van der Waals surface area contributed by atoms with Gasteiger partial charge >= 0.3 is 6.03 Å². The van der Waals surface area contributed by atoms with E-state index in [1.54, 1.807) is 41.6 Å². The van der Waals surface area contributed by atoms with E-state index in [4.69, 9.17) is 0 Å². The summed E-state index contributed by atoms with van der Waals surface area (Å²) >= 11 is 0. The smallest absolute Gasteiger partial charge is 0.317 e. The fraction of sp³-hybridized carbons (Fsp3) is 0.429. The number of benzene rings is 1. The molecule has 150 valence electrons. The number of aromatic nitrogens is 1. The van der Waals surface area contributed by atoms with Gasteiger partial charge in [0.2, 0.25) is 0 Å². The molecule has 0 aliphatic carbocycles. The highest BCUT2D eigenvalue weighted by atomic mass is 32.2. The normalized spacial score (nSPS) is 15.9. The molecule has 1 saturated heterocycles. The lowest BCUT2D eigenvalue weighted by Crippen LogP contribution is -2.44. The van der Waals surface area contributed by atoms with Crippen LogP contribution in [0.3, 0.4) is 0 Å². The maximum Gasteiger partial charge on any atom is 0.317 e. The summed E-state index contributed by atoms with van der Waals surface area (Å²) in [6.45, 7) is 5.28. The minimum Gasteiger partial charge on any atom is -0.336 e. The molecule has 1 aliphatic rings. The molecule has 0 spiro atoms. The van der Waals surface area contributed by atoms with Gasteiger partial charge in [0.05, 0.1) is 4.90 Å². The average Bonchev–Trinajstić information content (AvgIpc) is 2.71. The Morgan fingerprint density at radius 1 is 1.14 bits per heavy atom. The minimum absolute atomic E-state index is 0.0102. The maximum atomic E-state index is 13.4. The highest BCUT2D eigenvalue weighted by Gasteiger charge is 2.30. The van der Waals surface area contributed by atoms with Gasteiger partial charge in [-0.1, -0.05) is 12.1 Å². The highest BCUT2D eigenvalue weighted by Crippen LogP contribution is 2.29. The zero-order valence-electron chi connectivity index (χ0n) is 16.4. The van der Waals surface area contributed by atoms with Crippen LogP contribution in [0, 0.1) is 13.8 Å². The summed E-state index contributed by atoms with van der Waals surface area (Å²) in [7, 11) is -3.69. The summed E-state index contributed by atoms with van der Waals surface area (Å²) in [5, 5.41) is 1.94. The van der Waals surface area contributed by atoms with Crippen molar-refractivity contribution in [1.29, 1.82) is 0 Å². The number of likely N-dealkylation sites (tertiary alicyclic amines) is 1. The largest absolute Gasteiger partial charge is 0.336 e. The molecule has 6 nitrogen and oxygen atoms in total. The third kappa shape index (κ3) is 4.52. The van der Waals surface area contributed by atoms with Crippen LogP contribution in [0.25, 0.3) is 0 Å². The van der Waals surface area contributed by atoms with E-state index in [1.807, 2.05) is 19.9 Å². The number of urea groups is 1. The Bertz CT molecular complexity index is 923. The van der Waals surface area contributed by atoms with Crippen molar-refractivity contribution in [3.05, 3.63) is 59.4 Å². The van der Waals surface area contributed by atoms with E-state index in [0.29, 0.717) is 18.7 Å². The second kappa shape index (κ2) is 8.73. The van der Waals surface area contributed by atoms with Gasteiger partial charge in [-0.05, 0) is 68.0 Å². The first-order valence-electron chi connectivity index (χ1n) is 9.63. The van der Waals surface area contributed by atoms with Gasteiger partial charge in [-0.3, -0.25) is 4.98 Å². The van der Waals surface area contributed by atoms with Gasteiger partial charge in [0.1, 0.15) is 5.25 Å². The molecule has 28 heavy (non-hydrogen) atoms. The van der Waals surface area contributed by atoms with Crippen LogP contribution >= 0.6 is 0 Å². The number of pyridine rings is 1. The fourth-order valence-corrected chi connectivity index (χ4v) is 5.14. The number of hydrogen-bond acceptors (Lipinski definition) is 4. The van der Waals surface area contributed by atoms with E-state index in [1.165, 1.54) is 0 Å². The Morgan fingerprint density at radius 3 is 2.54 bits per heavy atom. The Hall–Kier alpha value is -2.41. The number of carbonyl (C=O) groups is 1. The van der Waals surface area contributed by atoms with Crippen LogP contribution < -0.4 is 5.32 Å². The van der Waals surface area contributed by atoms with Crippen molar-refractivity contribution in [2.24, 2.45) is 0 Å². The van der Waals surface area contributed by atoms with Crippen LogP contribution in [0.15, 0.2) is 47.6 Å². The molecule has 1 aromatic carbocycles. The number of carbonyl (C=O) groups excluding carboxylic acids is 1. The molecule has 1 atom stereocenters. The third-order valence-electron chi connectivity index (χ3n) is 5.32. The molecule has 0 bridgehead atoms. The standard InChI is InChI=1S/C21H27N3O3S/c1-16-8-9-19(13-17(16)2)28(26,27)20(18-7-6-10-22-14-18)15-23-21(25)24-11-4-3-5-12-24/h6-10,13-14,20H,3-5,11-12,15H2,1-2H3,(H,23,25)/t20-/m1/s1. The summed E-state index contributed by atoms with van der Waals surface area (Å²) in [6, 6.07) is 8.39. The van der Waals surface area contributed by atoms with E-state index < -0.39 is 15.1 Å². The minimum atomic E-state index is -3.69. The molecule has 0 radical (unpaired) electrons. The van der Waals surface area contributed by atoms with Crippen molar-refractivity contribution in [2.75, 3.05) is 19.6 Å². The fourth-order valence-electron chi connectivity index (χ4n) is 3.42. The number of amides is 2. The van der Waals surface area contributed by atoms with Crippen molar-refractivity contribution in [3.8, 4) is 0 Å². The molecule has 1 aromatic heterocycles. The Morgan fingerprint density at radius 2 is 1.89 bits per heavy atom. The van der Waals surface area contributed by atoms with Crippen molar-refractivity contribution >= 4 is 15.9 Å². The molecular weight excluding hydrogens is 374 g/mol. The first kappa shape index (κ1) is 20.3. The topological polar surface area (TPSA) is 79.4 Å². The summed E-state index contributed by atoms with van der Waals surface area (Å²) in [4.78, 5) is 18.6. The predicted octanol–water partition coefficient (Wildman–Crippen LogP) is 3.41. The quantitative estimate of drug-likeness (QED) is 0.833. The maximum absolute atomic E-state index is 13.4. The first-order chi connectivity index (χ1) is 13.4. The van der Waals surface area contributed by atoms with Gasteiger partial charge in [-0.15, -0.1) is 0 Å². The van der Waals surface area contributed by atoms with E-state index in [9.17, 15) is 13.2 Å². The Kier molecular flexibility index (Phi) is 6.34. The lowest BCUT2D eigenvalue weighted by atomic mass is 10.1. The zero-order chi connectivity index (χ0) is 20.1. The van der Waals surface area contributed by atoms with Gasteiger partial charge in [-0.2, -0.15) is 0 Å². The van der Waals surface area contributed by atoms with Crippen molar-refractivity contribution in [2.45, 2.75) is 43.3 Å². The molecular formula is C21H27N3O3S. The van der Waals surface area contributed by atoms with Crippen molar-refractivity contribution in [3.63, 3.8) is 0 Å². The molecule has 2 aromatic rings. The Balaban J connectivity index is 1.86. The lowest BCUT2D eigenvalue weighted by Gasteiger charge is -2.28. The van der Waals surface area contributed by atoms with Crippen molar-refractivity contribution < 1.29 is 13.2 Å². The van der Waals surface area contributed by atoms with Crippen LogP contribution in [0.2, 0.25) is 0 Å². The lowest BCUT2D eigenvalue weighted by molar-refractivity contribution is 0.186. The number of rotatable bonds is 5. The van der Waals surface area contributed by atoms with Gasteiger partial charge in [0.15, 0.2) is 9.84 Å². The monoisotopic (exact) mass is 401 g/mol. The number of aryl methyl sites for hydroxylation is 2. The SMILES string of the molecule is Cc1ccc(S(=O)(=O)[C@H](CNC(=O)N2CCCCC2)c2cccnc2)cc1C. The molecule has 1 fully saturated rings. The van der Waals surface area contributed by atoms with Gasteiger partial charge in [0, 0.05) is 32.0 Å². The predicted molar refractivity (Wildman–Crippen MR) is 109 cm³/mol. The molecule has 2 amide bonds. The van der Waals surface area contributed by atoms with E-state index >= 15 is 0 Å². The summed E-state index contributed by atoms with van der Waals surface area (Å²) in [5.74, 6) is 0. The van der Waals surface area contributed by atoms with Crippen LogP contribution in [-0.4, -0.2) is 44.0 Å². The molecule has 0 unspecified atom stereocenters. The third-order valence-corrected chi connectivity index (χ3v) is 7.42. The highest BCUT2D eigenvalue weighted by molar-refractivity contribution is 7.91. The number of sulfone groups is 1. The molecule has 0 saturated carbocycles. The Labute approximate surface area is 166 Å². The molecule has 2 heterocycles. The number of hydrogen-bond donors (Lipinski definition) is 1. The van der Waals surface area contributed by atoms with Crippen LogP contribution in [0.1, 0.15) is 41.2 Å². The molecule has 7 heteroatoms. The summed E-state index contributed by atoms with van der Waals surface area (Å²) in [6.07, 6.45) is 6.26. The van der Waals surface area contributed by atoms with Crippen molar-refractivity contribution in [1.82, 2.24) is 15.2 Å².